The van der Waals surface area contributed by atoms with Gasteiger partial charge < -0.3 is 15.3 Å². The van der Waals surface area contributed by atoms with Gasteiger partial charge in [0.25, 0.3) is 0 Å². The van der Waals surface area contributed by atoms with E-state index < -0.39 is 12.2 Å². The molecule has 1 spiro atoms. The molecule has 0 aromatic carbocycles. The lowest BCUT2D eigenvalue weighted by atomic mass is 9.57. The van der Waals surface area contributed by atoms with Crippen LogP contribution in [0.15, 0.2) is 12.2 Å². The summed E-state index contributed by atoms with van der Waals surface area (Å²) in [5, 5.41) is 29.7. The van der Waals surface area contributed by atoms with Crippen LogP contribution < -0.4 is 0 Å². The Labute approximate surface area is 110 Å². The van der Waals surface area contributed by atoms with E-state index in [1.165, 1.54) is 5.57 Å². The maximum Gasteiger partial charge on any atom is 0.0830 e. The van der Waals surface area contributed by atoms with Crippen LogP contribution in [0.5, 0.6) is 0 Å². The highest BCUT2D eigenvalue weighted by Crippen LogP contribution is 2.58. The third-order valence-corrected chi connectivity index (χ3v) is 5.65. The van der Waals surface area contributed by atoms with Crippen molar-refractivity contribution >= 4 is 0 Å². The molecule has 2 saturated carbocycles. The van der Waals surface area contributed by atoms with E-state index in [1.54, 1.807) is 0 Å². The Morgan fingerprint density at radius 3 is 2.56 bits per heavy atom. The lowest BCUT2D eigenvalue weighted by Crippen LogP contribution is -2.53. The predicted molar refractivity (Wildman–Crippen MR) is 71.0 cm³/mol. The molecule has 0 aliphatic heterocycles. The molecule has 2 rings (SSSR count). The summed E-state index contributed by atoms with van der Waals surface area (Å²) in [5.74, 6) is 0.655. The molecular formula is C15H26O3. The minimum Gasteiger partial charge on any atom is -0.396 e. The van der Waals surface area contributed by atoms with Gasteiger partial charge in [-0.25, -0.2) is 0 Å². The van der Waals surface area contributed by atoms with E-state index in [0.717, 1.165) is 19.3 Å². The zero-order valence-electron chi connectivity index (χ0n) is 11.5. The molecule has 2 aliphatic carbocycles. The van der Waals surface area contributed by atoms with Crippen molar-refractivity contribution < 1.29 is 15.3 Å². The molecule has 3 N–H and O–H groups in total. The highest BCUT2D eigenvalue weighted by Gasteiger charge is 2.54. The highest BCUT2D eigenvalue weighted by atomic mass is 16.3. The van der Waals surface area contributed by atoms with Crippen LogP contribution >= 0.6 is 0 Å². The summed E-state index contributed by atoms with van der Waals surface area (Å²) in [6.07, 6.45) is 2.30. The van der Waals surface area contributed by atoms with Gasteiger partial charge >= 0.3 is 0 Å². The molecule has 0 bridgehead atoms. The molecule has 2 aliphatic rings. The zero-order chi connectivity index (χ0) is 13.5. The molecule has 0 amide bonds. The van der Waals surface area contributed by atoms with Crippen LogP contribution in [0.4, 0.5) is 0 Å². The Morgan fingerprint density at radius 2 is 2.06 bits per heavy atom. The van der Waals surface area contributed by atoms with E-state index in [9.17, 15) is 15.3 Å². The van der Waals surface area contributed by atoms with E-state index in [-0.39, 0.29) is 23.9 Å². The van der Waals surface area contributed by atoms with E-state index in [2.05, 4.69) is 13.5 Å². The summed E-state index contributed by atoms with van der Waals surface area (Å²) >= 11 is 0. The fourth-order valence-electron chi connectivity index (χ4n) is 4.28. The molecule has 3 heteroatoms. The Kier molecular flexibility index (Phi) is 3.86. The molecule has 0 saturated heterocycles. The Bertz CT molecular complexity index is 324. The van der Waals surface area contributed by atoms with E-state index >= 15 is 0 Å². The quantitative estimate of drug-likeness (QED) is 0.658. The lowest BCUT2D eigenvalue weighted by Gasteiger charge is -2.50. The minimum absolute atomic E-state index is 0.0169. The largest absolute Gasteiger partial charge is 0.396 e. The van der Waals surface area contributed by atoms with Crippen LogP contribution in [0.25, 0.3) is 0 Å². The second-order valence-electron chi connectivity index (χ2n) is 6.48. The van der Waals surface area contributed by atoms with E-state index in [1.807, 2.05) is 6.92 Å². The van der Waals surface area contributed by atoms with Crippen molar-refractivity contribution in [3.8, 4) is 0 Å². The van der Waals surface area contributed by atoms with Crippen molar-refractivity contribution in [3.63, 3.8) is 0 Å². The molecule has 18 heavy (non-hydrogen) atoms. The van der Waals surface area contributed by atoms with Gasteiger partial charge in [-0.3, -0.25) is 0 Å². The summed E-state index contributed by atoms with van der Waals surface area (Å²) < 4.78 is 0. The van der Waals surface area contributed by atoms with Crippen LogP contribution in [-0.4, -0.2) is 34.1 Å². The summed E-state index contributed by atoms with van der Waals surface area (Å²) in [5.41, 5.74) is 1.19. The first kappa shape index (κ1) is 14.0. The van der Waals surface area contributed by atoms with Gasteiger partial charge in [0.2, 0.25) is 0 Å². The van der Waals surface area contributed by atoms with Crippen molar-refractivity contribution in [1.29, 1.82) is 0 Å². The van der Waals surface area contributed by atoms with E-state index in [0.29, 0.717) is 12.3 Å². The molecule has 2 fully saturated rings. The SMILES string of the molecule is C=C(C)[C@H]1CC[C@]2(C1)[C@@H](CO)C[C@H](O)[C@@H](O)[C@@H]2C. The van der Waals surface area contributed by atoms with Crippen molar-refractivity contribution in [2.75, 3.05) is 6.61 Å². The highest BCUT2D eigenvalue weighted by molar-refractivity contribution is 5.10. The standard InChI is InChI=1S/C15H26O3/c1-9(2)11-4-5-15(7-11)10(3)14(18)13(17)6-12(15)8-16/h10-14,16-18H,1,4-8H2,2-3H3/t10-,11-,12+,13-,14-,15+/m0/s1. The van der Waals surface area contributed by atoms with Gasteiger partial charge in [-0.05, 0) is 55.8 Å². The maximum atomic E-state index is 10.2. The third kappa shape index (κ3) is 2.02. The summed E-state index contributed by atoms with van der Waals surface area (Å²) in [7, 11) is 0. The molecule has 3 nitrogen and oxygen atoms in total. The fraction of sp³-hybridized carbons (Fsp3) is 0.867. The van der Waals surface area contributed by atoms with Crippen LogP contribution in [-0.2, 0) is 0 Å². The Morgan fingerprint density at radius 1 is 1.39 bits per heavy atom. The second kappa shape index (κ2) is 4.95. The van der Waals surface area contributed by atoms with Crippen LogP contribution in [0.2, 0.25) is 0 Å². The number of aliphatic hydroxyl groups is 3. The average molecular weight is 254 g/mol. The van der Waals surface area contributed by atoms with Gasteiger partial charge in [0, 0.05) is 6.61 Å². The van der Waals surface area contributed by atoms with Gasteiger partial charge in [-0.1, -0.05) is 19.1 Å². The minimum atomic E-state index is -0.688. The Hall–Kier alpha value is -0.380. The summed E-state index contributed by atoms with van der Waals surface area (Å²) in [6, 6.07) is 0. The number of hydrogen-bond acceptors (Lipinski definition) is 3. The molecule has 0 unspecified atom stereocenters. The first-order valence-electron chi connectivity index (χ1n) is 7.04. The number of allylic oxidation sites excluding steroid dienone is 1. The molecule has 104 valence electrons. The molecule has 0 radical (unpaired) electrons. The van der Waals surface area contributed by atoms with Crippen molar-refractivity contribution in [2.45, 2.75) is 51.7 Å². The Balaban J connectivity index is 2.25. The van der Waals surface area contributed by atoms with E-state index in [4.69, 9.17) is 0 Å². The number of hydrogen-bond donors (Lipinski definition) is 3. The van der Waals surface area contributed by atoms with Gasteiger partial charge in [-0.15, -0.1) is 0 Å². The molecule has 0 aromatic heterocycles. The first-order chi connectivity index (χ1) is 8.42. The zero-order valence-corrected chi connectivity index (χ0v) is 11.5. The first-order valence-corrected chi connectivity index (χ1v) is 7.04. The normalized spacial score (nSPS) is 48.6. The summed E-state index contributed by atoms with van der Waals surface area (Å²) in [6.45, 7) is 8.25. The van der Waals surface area contributed by atoms with Gasteiger partial charge in [0.05, 0.1) is 12.2 Å². The van der Waals surface area contributed by atoms with Gasteiger partial charge in [0.15, 0.2) is 0 Å². The lowest BCUT2D eigenvalue weighted by molar-refractivity contribution is -0.135. The monoisotopic (exact) mass is 254 g/mol. The second-order valence-corrected chi connectivity index (χ2v) is 6.48. The fourth-order valence-corrected chi connectivity index (χ4v) is 4.28. The summed E-state index contributed by atoms with van der Waals surface area (Å²) in [4.78, 5) is 0. The predicted octanol–water partition coefficient (Wildman–Crippen LogP) is 1.72. The van der Waals surface area contributed by atoms with Crippen molar-refractivity contribution in [1.82, 2.24) is 0 Å². The molecule has 0 heterocycles. The van der Waals surface area contributed by atoms with Gasteiger partial charge in [-0.2, -0.15) is 0 Å². The molecule has 0 aromatic rings. The van der Waals surface area contributed by atoms with Crippen LogP contribution in [0, 0.1) is 23.2 Å². The van der Waals surface area contributed by atoms with Gasteiger partial charge in [0.1, 0.15) is 0 Å². The topological polar surface area (TPSA) is 60.7 Å². The smallest absolute Gasteiger partial charge is 0.0830 e. The van der Waals surface area contributed by atoms with Crippen molar-refractivity contribution in [3.05, 3.63) is 12.2 Å². The third-order valence-electron chi connectivity index (χ3n) is 5.65. The molecule has 6 atom stereocenters. The number of rotatable bonds is 2. The average Bonchev–Trinajstić information content (AvgIpc) is 2.78. The van der Waals surface area contributed by atoms with Crippen LogP contribution in [0.3, 0.4) is 0 Å². The molecular weight excluding hydrogens is 228 g/mol. The maximum absolute atomic E-state index is 10.2. The number of aliphatic hydroxyl groups excluding tert-OH is 3. The van der Waals surface area contributed by atoms with Crippen LogP contribution in [0.1, 0.15) is 39.5 Å². The van der Waals surface area contributed by atoms with Crippen molar-refractivity contribution in [2.24, 2.45) is 23.2 Å².